The van der Waals surface area contributed by atoms with Crippen molar-refractivity contribution >= 4 is 17.5 Å². The van der Waals surface area contributed by atoms with Crippen molar-refractivity contribution < 1.29 is 9.59 Å². The number of fused-ring (bicyclic) bond motifs is 1. The third-order valence-corrected chi connectivity index (χ3v) is 5.41. The molecule has 1 saturated carbocycles. The number of carbonyl (C=O) groups excluding carboxylic acids is 2. The summed E-state index contributed by atoms with van der Waals surface area (Å²) in [7, 11) is 0. The molecule has 0 aliphatic heterocycles. The zero-order valence-corrected chi connectivity index (χ0v) is 19.6. The fraction of sp³-hybridized carbons (Fsp3) is 0.480. The Morgan fingerprint density at radius 1 is 1.31 bits per heavy atom. The van der Waals surface area contributed by atoms with Gasteiger partial charge in [0.2, 0.25) is 0 Å². The van der Waals surface area contributed by atoms with E-state index in [-0.39, 0.29) is 11.6 Å². The number of aromatic nitrogens is 2. The molecule has 3 rings (SSSR count). The maximum absolute atomic E-state index is 12.3. The van der Waals surface area contributed by atoms with Gasteiger partial charge in [0.1, 0.15) is 17.0 Å². The molecule has 0 bridgehead atoms. The van der Waals surface area contributed by atoms with Gasteiger partial charge >= 0.3 is 0 Å². The van der Waals surface area contributed by atoms with Crippen LogP contribution in [0.5, 0.6) is 0 Å². The molecule has 1 aliphatic rings. The number of carbonyl (C=O) groups is 2. The highest BCUT2D eigenvalue weighted by molar-refractivity contribution is 5.95. The smallest absolute Gasteiger partial charge is 0.268 e. The summed E-state index contributed by atoms with van der Waals surface area (Å²) in [5, 5.41) is 2.90. The molecule has 7 nitrogen and oxygen atoms in total. The minimum absolute atomic E-state index is 0.140. The minimum atomic E-state index is -0.616. The van der Waals surface area contributed by atoms with Gasteiger partial charge in [-0.25, -0.2) is 4.98 Å². The SMILES string of the molecule is C/C=C\CC(C)CNC(=O)c1cccc2nc(C(N)=O)cn12.C=C.NCCC1CCCC1. The normalized spacial score (nSPS) is 14.3. The third kappa shape index (κ3) is 8.67. The molecule has 0 saturated heterocycles. The van der Waals surface area contributed by atoms with Crippen molar-refractivity contribution in [3.8, 4) is 0 Å². The van der Waals surface area contributed by atoms with Gasteiger partial charge in [0, 0.05) is 12.7 Å². The number of hydrogen-bond acceptors (Lipinski definition) is 4. The lowest BCUT2D eigenvalue weighted by atomic mass is 10.1. The molecule has 1 atom stereocenters. The molecule has 0 radical (unpaired) electrons. The number of rotatable bonds is 8. The van der Waals surface area contributed by atoms with Crippen molar-refractivity contribution in [3.63, 3.8) is 0 Å². The highest BCUT2D eigenvalue weighted by Crippen LogP contribution is 2.26. The first-order valence-corrected chi connectivity index (χ1v) is 11.3. The van der Waals surface area contributed by atoms with Crippen molar-refractivity contribution in [2.75, 3.05) is 13.1 Å². The van der Waals surface area contributed by atoms with Gasteiger partial charge in [0.15, 0.2) is 0 Å². The summed E-state index contributed by atoms with van der Waals surface area (Å²) in [6.07, 6.45) is 13.5. The maximum atomic E-state index is 12.3. The standard InChI is InChI=1S/C16H20N4O2.C7H15N.C2H4/c1-3-4-6-11(2)9-18-16(22)13-7-5-8-14-19-12(15(17)21)10-20(13)14;8-6-5-7-3-1-2-4-7;1-2/h3-5,7-8,10-11H,6,9H2,1-2H3,(H2,17,21)(H,18,22);7H,1-6,8H2;1-2H2/b4-3-;;. The van der Waals surface area contributed by atoms with Crippen molar-refractivity contribution in [2.24, 2.45) is 23.3 Å². The predicted octanol–water partition coefficient (Wildman–Crippen LogP) is 4.09. The number of pyridine rings is 1. The van der Waals surface area contributed by atoms with Crippen LogP contribution >= 0.6 is 0 Å². The summed E-state index contributed by atoms with van der Waals surface area (Å²) >= 11 is 0. The van der Waals surface area contributed by atoms with Gasteiger partial charge < -0.3 is 16.8 Å². The Labute approximate surface area is 192 Å². The second kappa shape index (κ2) is 15.0. The lowest BCUT2D eigenvalue weighted by Gasteiger charge is -2.11. The first-order valence-electron chi connectivity index (χ1n) is 11.3. The average Bonchev–Trinajstić information content (AvgIpc) is 3.47. The Morgan fingerprint density at radius 3 is 2.59 bits per heavy atom. The third-order valence-electron chi connectivity index (χ3n) is 5.41. The molecule has 7 heteroatoms. The molecule has 176 valence electrons. The summed E-state index contributed by atoms with van der Waals surface area (Å²) in [5.74, 6) is 0.518. The van der Waals surface area contributed by atoms with E-state index in [0.717, 1.165) is 18.9 Å². The first-order chi connectivity index (χ1) is 15.5. The molecule has 1 aliphatic carbocycles. The number of imidazole rings is 1. The van der Waals surface area contributed by atoms with Crippen LogP contribution in [-0.2, 0) is 0 Å². The highest BCUT2D eigenvalue weighted by Gasteiger charge is 2.14. The van der Waals surface area contributed by atoms with Gasteiger partial charge in [0.05, 0.1) is 0 Å². The molecule has 2 aromatic rings. The number of nitrogens with one attached hydrogen (secondary N) is 1. The second-order valence-corrected chi connectivity index (χ2v) is 7.98. The van der Waals surface area contributed by atoms with Crippen LogP contribution in [0.2, 0.25) is 0 Å². The number of nitrogens with two attached hydrogens (primary N) is 2. The summed E-state index contributed by atoms with van der Waals surface area (Å²) in [6, 6.07) is 5.13. The van der Waals surface area contributed by atoms with Crippen molar-refractivity contribution in [2.45, 2.75) is 52.4 Å². The molecule has 0 aromatic carbocycles. The lowest BCUT2D eigenvalue weighted by Crippen LogP contribution is -2.29. The highest BCUT2D eigenvalue weighted by atomic mass is 16.2. The molecular formula is C25H39N5O2. The van der Waals surface area contributed by atoms with Crippen LogP contribution < -0.4 is 16.8 Å². The van der Waals surface area contributed by atoms with E-state index in [0.29, 0.717) is 23.8 Å². The zero-order valence-electron chi connectivity index (χ0n) is 19.6. The van der Waals surface area contributed by atoms with E-state index >= 15 is 0 Å². The molecule has 5 N–H and O–H groups in total. The van der Waals surface area contributed by atoms with E-state index in [1.807, 2.05) is 13.0 Å². The Morgan fingerprint density at radius 2 is 2.00 bits per heavy atom. The van der Waals surface area contributed by atoms with E-state index < -0.39 is 5.91 Å². The van der Waals surface area contributed by atoms with Gasteiger partial charge in [-0.1, -0.05) is 50.8 Å². The summed E-state index contributed by atoms with van der Waals surface area (Å²) in [5.41, 5.74) is 11.7. The Bertz CT molecular complexity index is 868. The van der Waals surface area contributed by atoms with E-state index in [9.17, 15) is 9.59 Å². The molecule has 1 unspecified atom stereocenters. The molecule has 1 fully saturated rings. The first kappa shape index (κ1) is 27.1. The monoisotopic (exact) mass is 441 g/mol. The largest absolute Gasteiger partial charge is 0.364 e. The predicted molar refractivity (Wildman–Crippen MR) is 132 cm³/mol. The molecular weight excluding hydrogens is 402 g/mol. The molecule has 0 spiro atoms. The van der Waals surface area contributed by atoms with E-state index in [1.165, 1.54) is 38.3 Å². The van der Waals surface area contributed by atoms with Crippen molar-refractivity contribution in [3.05, 3.63) is 61.1 Å². The van der Waals surface area contributed by atoms with Crippen LogP contribution in [0.15, 0.2) is 49.7 Å². The van der Waals surface area contributed by atoms with Gasteiger partial charge in [-0.2, -0.15) is 0 Å². The van der Waals surface area contributed by atoms with Crippen LogP contribution in [-0.4, -0.2) is 34.3 Å². The average molecular weight is 442 g/mol. The Balaban J connectivity index is 0.000000427. The quantitative estimate of drug-likeness (QED) is 0.535. The van der Waals surface area contributed by atoms with Crippen molar-refractivity contribution in [1.29, 1.82) is 0 Å². The Kier molecular flexibility index (Phi) is 12.7. The Hall–Kier alpha value is -2.93. The number of allylic oxidation sites excluding steroid dienone is 2. The van der Waals surface area contributed by atoms with Gasteiger partial charge in [-0.3, -0.25) is 14.0 Å². The number of hydrogen-bond donors (Lipinski definition) is 3. The van der Waals surface area contributed by atoms with Crippen LogP contribution in [0.4, 0.5) is 0 Å². The topological polar surface area (TPSA) is 116 Å². The molecule has 2 amide bonds. The fourth-order valence-corrected chi connectivity index (χ4v) is 3.66. The van der Waals surface area contributed by atoms with Gasteiger partial charge in [0.25, 0.3) is 11.8 Å². The second-order valence-electron chi connectivity index (χ2n) is 7.98. The molecule has 2 heterocycles. The lowest BCUT2D eigenvalue weighted by molar-refractivity contribution is 0.0940. The van der Waals surface area contributed by atoms with Gasteiger partial charge in [-0.15, -0.1) is 13.2 Å². The maximum Gasteiger partial charge on any atom is 0.268 e. The zero-order chi connectivity index (χ0) is 23.9. The van der Waals surface area contributed by atoms with Gasteiger partial charge in [-0.05, 0) is 50.3 Å². The minimum Gasteiger partial charge on any atom is -0.364 e. The van der Waals surface area contributed by atoms with Crippen LogP contribution in [0.1, 0.15) is 73.3 Å². The molecule has 32 heavy (non-hydrogen) atoms. The summed E-state index contributed by atoms with van der Waals surface area (Å²) in [6.45, 7) is 11.5. The van der Waals surface area contributed by atoms with Crippen LogP contribution in [0.3, 0.4) is 0 Å². The van der Waals surface area contributed by atoms with Crippen molar-refractivity contribution in [1.82, 2.24) is 14.7 Å². The van der Waals surface area contributed by atoms with Crippen LogP contribution in [0.25, 0.3) is 5.65 Å². The van der Waals surface area contributed by atoms with E-state index in [2.05, 4.69) is 36.5 Å². The van der Waals surface area contributed by atoms with Crippen LogP contribution in [0, 0.1) is 11.8 Å². The van der Waals surface area contributed by atoms with E-state index in [1.54, 1.807) is 22.6 Å². The fourth-order valence-electron chi connectivity index (χ4n) is 3.66. The summed E-state index contributed by atoms with van der Waals surface area (Å²) in [4.78, 5) is 27.6. The number of nitrogens with zero attached hydrogens (tertiary/aromatic N) is 2. The number of primary amides is 1. The molecule has 2 aromatic heterocycles. The number of amides is 2. The van der Waals surface area contributed by atoms with E-state index in [4.69, 9.17) is 11.5 Å². The summed E-state index contributed by atoms with van der Waals surface area (Å²) < 4.78 is 1.58.